The first-order valence-corrected chi connectivity index (χ1v) is 7.71. The van der Waals surface area contributed by atoms with Gasteiger partial charge in [0.25, 0.3) is 0 Å². The van der Waals surface area contributed by atoms with E-state index in [1.165, 1.54) is 31.5 Å². The van der Waals surface area contributed by atoms with Crippen LogP contribution in [0.2, 0.25) is 0 Å². The van der Waals surface area contributed by atoms with E-state index >= 15 is 0 Å². The summed E-state index contributed by atoms with van der Waals surface area (Å²) in [6.07, 6.45) is 2.66. The number of benzene rings is 1. The summed E-state index contributed by atoms with van der Waals surface area (Å²) in [5.41, 5.74) is 1.35. The average Bonchev–Trinajstić information content (AvgIpc) is 2.40. The third-order valence-electron chi connectivity index (χ3n) is 3.72. The molecule has 1 aromatic carbocycles. The Morgan fingerprint density at radius 1 is 1.45 bits per heavy atom. The maximum atomic E-state index is 5.27. The van der Waals surface area contributed by atoms with Gasteiger partial charge in [-0.2, -0.15) is 0 Å². The molecule has 1 aromatic rings. The molecule has 3 nitrogen and oxygen atoms in total. The topological polar surface area (TPSA) is 24.5 Å². The van der Waals surface area contributed by atoms with Crippen molar-refractivity contribution in [1.29, 1.82) is 0 Å². The minimum absolute atomic E-state index is 0. The Morgan fingerprint density at radius 3 is 2.90 bits per heavy atom. The van der Waals surface area contributed by atoms with Crippen LogP contribution in [0.1, 0.15) is 18.4 Å². The fourth-order valence-electron chi connectivity index (χ4n) is 2.82. The van der Waals surface area contributed by atoms with E-state index in [0.29, 0.717) is 0 Å². The molecule has 0 aliphatic carbocycles. The Hall–Kier alpha value is -0.290. The molecule has 1 heterocycles. The van der Waals surface area contributed by atoms with Gasteiger partial charge in [-0.25, -0.2) is 0 Å². The number of likely N-dealkylation sites (tertiary alicyclic amines) is 1. The van der Waals surface area contributed by atoms with Crippen molar-refractivity contribution in [3.05, 3.63) is 28.2 Å². The lowest BCUT2D eigenvalue weighted by Gasteiger charge is -2.32. The summed E-state index contributed by atoms with van der Waals surface area (Å²) in [6, 6.07) is 6.36. The lowest BCUT2D eigenvalue weighted by Crippen LogP contribution is -2.38. The van der Waals surface area contributed by atoms with Crippen molar-refractivity contribution in [2.75, 3.05) is 33.8 Å². The van der Waals surface area contributed by atoms with Gasteiger partial charge < -0.3 is 10.1 Å². The molecule has 1 aliphatic rings. The van der Waals surface area contributed by atoms with Crippen LogP contribution in [0.4, 0.5) is 0 Å². The van der Waals surface area contributed by atoms with Crippen LogP contribution in [0.5, 0.6) is 5.75 Å². The second-order valence-electron chi connectivity index (χ2n) is 5.27. The van der Waals surface area contributed by atoms with Gasteiger partial charge in [-0.3, -0.25) is 4.90 Å². The Morgan fingerprint density at radius 2 is 2.25 bits per heavy atom. The van der Waals surface area contributed by atoms with E-state index in [9.17, 15) is 0 Å². The molecule has 1 aliphatic heterocycles. The summed E-state index contributed by atoms with van der Waals surface area (Å²) in [5, 5.41) is 3.30. The number of piperidine rings is 1. The van der Waals surface area contributed by atoms with Crippen molar-refractivity contribution in [3.63, 3.8) is 0 Å². The summed E-state index contributed by atoms with van der Waals surface area (Å²) >= 11 is 3.56. The molecule has 0 aromatic heterocycles. The normalized spacial score (nSPS) is 19.4. The fraction of sp³-hybridized carbons (Fsp3) is 0.600. The molecule has 1 unspecified atom stereocenters. The van der Waals surface area contributed by atoms with Gasteiger partial charge in [0.2, 0.25) is 0 Å². The van der Waals surface area contributed by atoms with Gasteiger partial charge in [-0.05, 0) is 72.5 Å². The number of ether oxygens (including phenoxy) is 1. The van der Waals surface area contributed by atoms with Gasteiger partial charge in [0, 0.05) is 13.1 Å². The molecule has 0 radical (unpaired) electrons. The van der Waals surface area contributed by atoms with Crippen LogP contribution in [0.3, 0.4) is 0 Å². The van der Waals surface area contributed by atoms with Gasteiger partial charge >= 0.3 is 0 Å². The van der Waals surface area contributed by atoms with Crippen LogP contribution in [-0.2, 0) is 6.54 Å². The van der Waals surface area contributed by atoms with Crippen LogP contribution >= 0.6 is 28.3 Å². The minimum Gasteiger partial charge on any atom is -0.496 e. The zero-order valence-corrected chi connectivity index (χ0v) is 14.6. The molecule has 1 saturated heterocycles. The maximum Gasteiger partial charge on any atom is 0.133 e. The zero-order valence-electron chi connectivity index (χ0n) is 12.2. The van der Waals surface area contributed by atoms with E-state index in [1.54, 1.807) is 7.11 Å². The molecule has 0 amide bonds. The number of hydrogen-bond acceptors (Lipinski definition) is 3. The van der Waals surface area contributed by atoms with Gasteiger partial charge in [-0.1, -0.05) is 6.07 Å². The summed E-state index contributed by atoms with van der Waals surface area (Å²) in [7, 11) is 3.74. The molecule has 0 bridgehead atoms. The molecule has 1 fully saturated rings. The first-order chi connectivity index (χ1) is 9.22. The first-order valence-electron chi connectivity index (χ1n) is 6.92. The lowest BCUT2D eigenvalue weighted by atomic mass is 9.97. The van der Waals surface area contributed by atoms with E-state index in [-0.39, 0.29) is 12.4 Å². The summed E-state index contributed by atoms with van der Waals surface area (Å²) in [4.78, 5) is 2.56. The van der Waals surface area contributed by atoms with Gasteiger partial charge in [0.15, 0.2) is 0 Å². The standard InChI is InChI=1S/C15H23BrN2O.ClH/c1-17-9-13-4-3-7-18(11-13)10-12-5-6-15(19-2)14(16)8-12;/h5-6,8,13,17H,3-4,7,9-11H2,1-2H3;1H. The van der Waals surface area contributed by atoms with Crippen LogP contribution in [0.15, 0.2) is 22.7 Å². The van der Waals surface area contributed by atoms with Crippen LogP contribution in [0, 0.1) is 5.92 Å². The summed E-state index contributed by atoms with van der Waals surface area (Å²) in [5.74, 6) is 1.69. The van der Waals surface area contributed by atoms with Crippen LogP contribution in [0.25, 0.3) is 0 Å². The monoisotopic (exact) mass is 362 g/mol. The van der Waals surface area contributed by atoms with Crippen molar-refractivity contribution in [1.82, 2.24) is 10.2 Å². The van der Waals surface area contributed by atoms with Crippen LogP contribution < -0.4 is 10.1 Å². The summed E-state index contributed by atoms with van der Waals surface area (Å²) in [6.45, 7) is 4.57. The van der Waals surface area contributed by atoms with E-state index in [2.05, 4.69) is 38.3 Å². The zero-order chi connectivity index (χ0) is 13.7. The molecule has 20 heavy (non-hydrogen) atoms. The highest BCUT2D eigenvalue weighted by Crippen LogP contribution is 2.27. The molecule has 2 rings (SSSR count). The maximum absolute atomic E-state index is 5.27. The molecule has 114 valence electrons. The fourth-order valence-corrected chi connectivity index (χ4v) is 3.40. The van der Waals surface area contributed by atoms with Crippen LogP contribution in [-0.4, -0.2) is 38.7 Å². The lowest BCUT2D eigenvalue weighted by molar-refractivity contribution is 0.167. The van der Waals surface area contributed by atoms with Crippen molar-refractivity contribution in [2.45, 2.75) is 19.4 Å². The smallest absolute Gasteiger partial charge is 0.133 e. The first kappa shape index (κ1) is 17.8. The predicted octanol–water partition coefficient (Wildman–Crippen LogP) is 3.31. The Bertz CT molecular complexity index is 415. The Balaban J connectivity index is 0.00000200. The van der Waals surface area contributed by atoms with Gasteiger partial charge in [0.05, 0.1) is 11.6 Å². The third-order valence-corrected chi connectivity index (χ3v) is 4.34. The number of rotatable bonds is 5. The molecule has 0 spiro atoms. The minimum atomic E-state index is 0. The second-order valence-corrected chi connectivity index (χ2v) is 6.12. The predicted molar refractivity (Wildman–Crippen MR) is 89.9 cm³/mol. The molecular formula is C15H24BrClN2O. The second kappa shape index (κ2) is 8.88. The molecule has 1 atom stereocenters. The summed E-state index contributed by atoms with van der Waals surface area (Å²) < 4.78 is 6.31. The number of nitrogens with one attached hydrogen (secondary N) is 1. The highest BCUT2D eigenvalue weighted by atomic mass is 79.9. The van der Waals surface area contributed by atoms with Crippen molar-refractivity contribution < 1.29 is 4.74 Å². The van der Waals surface area contributed by atoms with Crippen molar-refractivity contribution in [3.8, 4) is 5.75 Å². The van der Waals surface area contributed by atoms with Gasteiger partial charge in [-0.15, -0.1) is 12.4 Å². The van der Waals surface area contributed by atoms with Crippen molar-refractivity contribution >= 4 is 28.3 Å². The van der Waals surface area contributed by atoms with E-state index < -0.39 is 0 Å². The Labute approximate surface area is 136 Å². The van der Waals surface area contributed by atoms with Gasteiger partial charge in [0.1, 0.15) is 5.75 Å². The van der Waals surface area contributed by atoms with Crippen molar-refractivity contribution in [2.24, 2.45) is 5.92 Å². The number of hydrogen-bond donors (Lipinski definition) is 1. The van der Waals surface area contributed by atoms with E-state index in [0.717, 1.165) is 29.2 Å². The molecular weight excluding hydrogens is 340 g/mol. The SMILES string of the molecule is CNCC1CCCN(Cc2ccc(OC)c(Br)c2)C1.Cl. The number of nitrogens with zero attached hydrogens (tertiary/aromatic N) is 1. The third kappa shape index (κ3) is 4.92. The highest BCUT2D eigenvalue weighted by Gasteiger charge is 2.19. The number of methoxy groups -OCH3 is 1. The average molecular weight is 364 g/mol. The Kier molecular flexibility index (Phi) is 7.88. The molecule has 0 saturated carbocycles. The quantitative estimate of drug-likeness (QED) is 0.868. The highest BCUT2D eigenvalue weighted by molar-refractivity contribution is 9.10. The molecule has 5 heteroatoms. The molecule has 1 N–H and O–H groups in total. The van der Waals surface area contributed by atoms with E-state index in [1.807, 2.05) is 13.1 Å². The largest absolute Gasteiger partial charge is 0.496 e. The van der Waals surface area contributed by atoms with E-state index in [4.69, 9.17) is 4.74 Å². The number of halogens is 2.